The van der Waals surface area contributed by atoms with Crippen LogP contribution in [0.3, 0.4) is 0 Å². The highest BCUT2D eigenvalue weighted by Crippen LogP contribution is 2.31. The molecule has 1 heterocycles. The second-order valence-corrected chi connectivity index (χ2v) is 8.77. The second kappa shape index (κ2) is 9.52. The van der Waals surface area contributed by atoms with Crippen LogP contribution in [-0.4, -0.2) is 50.6 Å². The van der Waals surface area contributed by atoms with Crippen molar-refractivity contribution in [3.05, 3.63) is 54.1 Å². The normalized spacial score (nSPS) is 18.4. The maximum atomic E-state index is 13.0. The van der Waals surface area contributed by atoms with E-state index in [4.69, 9.17) is 5.73 Å². The highest BCUT2D eigenvalue weighted by molar-refractivity contribution is 6.07. The van der Waals surface area contributed by atoms with Crippen LogP contribution in [0.1, 0.15) is 42.5 Å². The Kier molecular flexibility index (Phi) is 6.58. The smallest absolute Gasteiger partial charge is 0.258 e. The Morgan fingerprint density at radius 2 is 1.63 bits per heavy atom. The zero-order chi connectivity index (χ0) is 20.9. The number of anilines is 3. The number of nitrogen functional groups attached to an aromatic ring is 1. The van der Waals surface area contributed by atoms with E-state index in [1.807, 2.05) is 19.2 Å². The predicted octanol–water partition coefficient (Wildman–Crippen LogP) is 4.25. The quantitative estimate of drug-likeness (QED) is 0.755. The van der Waals surface area contributed by atoms with Crippen molar-refractivity contribution in [3.8, 4) is 0 Å². The van der Waals surface area contributed by atoms with E-state index in [-0.39, 0.29) is 5.91 Å². The third-order valence-corrected chi connectivity index (χ3v) is 6.66. The minimum absolute atomic E-state index is 0.0154. The number of rotatable bonds is 5. The molecule has 0 unspecified atom stereocenters. The Bertz CT molecular complexity index is 836. The number of para-hydroxylation sites is 2. The molecule has 160 valence electrons. The van der Waals surface area contributed by atoms with Gasteiger partial charge in [-0.25, -0.2) is 0 Å². The summed E-state index contributed by atoms with van der Waals surface area (Å²) in [5.74, 6) is 0.875. The molecular formula is C25H34N4O. The summed E-state index contributed by atoms with van der Waals surface area (Å²) in [5.41, 5.74) is 9.19. The molecule has 4 rings (SSSR count). The zero-order valence-corrected chi connectivity index (χ0v) is 18.1. The lowest BCUT2D eigenvalue weighted by Crippen LogP contribution is -2.48. The molecule has 0 aromatic heterocycles. The first-order valence-electron chi connectivity index (χ1n) is 11.3. The molecule has 1 aliphatic heterocycles. The van der Waals surface area contributed by atoms with Gasteiger partial charge in [-0.2, -0.15) is 0 Å². The number of piperazine rings is 1. The van der Waals surface area contributed by atoms with Crippen LogP contribution in [0, 0.1) is 5.92 Å². The predicted molar refractivity (Wildman–Crippen MR) is 125 cm³/mol. The fourth-order valence-electron chi connectivity index (χ4n) is 4.85. The molecule has 0 atom stereocenters. The topological polar surface area (TPSA) is 52.8 Å². The monoisotopic (exact) mass is 406 g/mol. The Labute approximate surface area is 180 Å². The van der Waals surface area contributed by atoms with E-state index in [1.165, 1.54) is 38.6 Å². The highest BCUT2D eigenvalue weighted by Gasteiger charge is 2.24. The third-order valence-electron chi connectivity index (χ3n) is 6.66. The van der Waals surface area contributed by atoms with E-state index in [0.29, 0.717) is 11.3 Å². The van der Waals surface area contributed by atoms with Crippen molar-refractivity contribution < 1.29 is 4.79 Å². The van der Waals surface area contributed by atoms with Crippen LogP contribution in [0.25, 0.3) is 0 Å². The van der Waals surface area contributed by atoms with Crippen LogP contribution in [0.2, 0.25) is 0 Å². The first kappa shape index (κ1) is 20.7. The molecule has 30 heavy (non-hydrogen) atoms. The Balaban J connectivity index is 1.42. The molecule has 1 amide bonds. The minimum Gasteiger partial charge on any atom is -0.399 e. The molecule has 2 N–H and O–H groups in total. The van der Waals surface area contributed by atoms with E-state index >= 15 is 0 Å². The van der Waals surface area contributed by atoms with Gasteiger partial charge in [-0.1, -0.05) is 31.4 Å². The summed E-state index contributed by atoms with van der Waals surface area (Å²) < 4.78 is 0. The highest BCUT2D eigenvalue weighted by atomic mass is 16.2. The molecule has 2 aromatic carbocycles. The fraction of sp³-hybridized carbons (Fsp3) is 0.480. The van der Waals surface area contributed by atoms with Gasteiger partial charge < -0.3 is 15.5 Å². The van der Waals surface area contributed by atoms with Crippen LogP contribution in [0.4, 0.5) is 17.1 Å². The largest absolute Gasteiger partial charge is 0.399 e. The molecule has 2 fully saturated rings. The van der Waals surface area contributed by atoms with E-state index in [9.17, 15) is 4.79 Å². The lowest BCUT2D eigenvalue weighted by Gasteiger charge is -2.39. The Hall–Kier alpha value is -2.53. The van der Waals surface area contributed by atoms with Gasteiger partial charge in [0.25, 0.3) is 5.91 Å². The van der Waals surface area contributed by atoms with E-state index in [0.717, 1.165) is 43.5 Å². The fourth-order valence-corrected chi connectivity index (χ4v) is 4.85. The number of carbonyl (C=O) groups is 1. The van der Waals surface area contributed by atoms with Crippen LogP contribution in [-0.2, 0) is 0 Å². The molecule has 5 nitrogen and oxygen atoms in total. The second-order valence-electron chi connectivity index (χ2n) is 8.77. The molecule has 2 aromatic rings. The van der Waals surface area contributed by atoms with Gasteiger partial charge in [0, 0.05) is 51.0 Å². The van der Waals surface area contributed by atoms with Gasteiger partial charge in [0.1, 0.15) is 0 Å². The van der Waals surface area contributed by atoms with Crippen LogP contribution < -0.4 is 15.5 Å². The van der Waals surface area contributed by atoms with Crippen molar-refractivity contribution in [2.24, 2.45) is 5.92 Å². The van der Waals surface area contributed by atoms with E-state index in [2.05, 4.69) is 21.9 Å². The van der Waals surface area contributed by atoms with Gasteiger partial charge in [0.05, 0.1) is 11.4 Å². The van der Waals surface area contributed by atoms with Crippen molar-refractivity contribution in [1.82, 2.24) is 4.90 Å². The van der Waals surface area contributed by atoms with Gasteiger partial charge >= 0.3 is 0 Å². The molecule has 1 saturated carbocycles. The molecular weight excluding hydrogens is 372 g/mol. The number of nitrogens with two attached hydrogens (primary N) is 1. The molecule has 0 spiro atoms. The molecule has 0 bridgehead atoms. The van der Waals surface area contributed by atoms with Crippen molar-refractivity contribution in [2.75, 3.05) is 55.3 Å². The van der Waals surface area contributed by atoms with Crippen molar-refractivity contribution >= 4 is 23.0 Å². The van der Waals surface area contributed by atoms with Crippen molar-refractivity contribution in [3.63, 3.8) is 0 Å². The number of amides is 1. The summed E-state index contributed by atoms with van der Waals surface area (Å²) in [6.45, 7) is 5.47. The molecule has 0 radical (unpaired) electrons. The molecule has 1 aliphatic carbocycles. The van der Waals surface area contributed by atoms with Gasteiger partial charge in [-0.3, -0.25) is 9.69 Å². The van der Waals surface area contributed by atoms with Gasteiger partial charge in [0.2, 0.25) is 0 Å². The van der Waals surface area contributed by atoms with Crippen LogP contribution in [0.5, 0.6) is 0 Å². The lowest BCUT2D eigenvalue weighted by atomic mass is 9.89. The number of nitrogens with zero attached hydrogens (tertiary/aromatic N) is 3. The summed E-state index contributed by atoms with van der Waals surface area (Å²) in [7, 11) is 1.86. The summed E-state index contributed by atoms with van der Waals surface area (Å²) >= 11 is 0. The number of hydrogen-bond acceptors (Lipinski definition) is 4. The summed E-state index contributed by atoms with van der Waals surface area (Å²) in [4.78, 5) is 19.8. The van der Waals surface area contributed by atoms with Crippen LogP contribution in [0.15, 0.2) is 48.5 Å². The van der Waals surface area contributed by atoms with Gasteiger partial charge in [-0.05, 0) is 55.2 Å². The first-order chi connectivity index (χ1) is 14.6. The van der Waals surface area contributed by atoms with Crippen molar-refractivity contribution in [1.29, 1.82) is 0 Å². The average Bonchev–Trinajstić information content (AvgIpc) is 2.80. The van der Waals surface area contributed by atoms with Crippen LogP contribution >= 0.6 is 0 Å². The average molecular weight is 407 g/mol. The lowest BCUT2D eigenvalue weighted by molar-refractivity contribution is 0.0993. The summed E-state index contributed by atoms with van der Waals surface area (Å²) in [6.07, 6.45) is 7.05. The van der Waals surface area contributed by atoms with E-state index < -0.39 is 0 Å². The zero-order valence-electron chi connectivity index (χ0n) is 18.1. The van der Waals surface area contributed by atoms with Gasteiger partial charge in [0.15, 0.2) is 0 Å². The Morgan fingerprint density at radius 1 is 0.967 bits per heavy atom. The standard InChI is InChI=1S/C25H34N4O/c1-27(25(30)21-11-13-22(26)14-12-21)23-9-5-6-10-24(23)29-17-15-28(16-18-29)19-20-7-3-2-4-8-20/h5-6,9-14,20H,2-4,7-8,15-19,26H2,1H3. The number of hydrogen-bond donors (Lipinski definition) is 1. The molecule has 2 aliphatic rings. The third kappa shape index (κ3) is 4.78. The van der Waals surface area contributed by atoms with Gasteiger partial charge in [-0.15, -0.1) is 0 Å². The number of benzene rings is 2. The van der Waals surface area contributed by atoms with E-state index in [1.54, 1.807) is 29.2 Å². The Morgan fingerprint density at radius 3 is 2.33 bits per heavy atom. The summed E-state index contributed by atoms with van der Waals surface area (Å²) in [5, 5.41) is 0. The maximum absolute atomic E-state index is 13.0. The maximum Gasteiger partial charge on any atom is 0.258 e. The first-order valence-corrected chi connectivity index (χ1v) is 11.3. The summed E-state index contributed by atoms with van der Waals surface area (Å²) in [6, 6.07) is 15.4. The SMILES string of the molecule is CN(C(=O)c1ccc(N)cc1)c1ccccc1N1CCN(CC2CCCCC2)CC1. The minimum atomic E-state index is -0.0154. The number of carbonyl (C=O) groups excluding carboxylic acids is 1. The molecule has 1 saturated heterocycles. The molecule has 5 heteroatoms. The van der Waals surface area contributed by atoms with Crippen molar-refractivity contribution in [2.45, 2.75) is 32.1 Å².